The van der Waals surface area contributed by atoms with E-state index < -0.39 is 6.04 Å². The van der Waals surface area contributed by atoms with E-state index in [1.54, 1.807) is 0 Å². The van der Waals surface area contributed by atoms with Crippen LogP contribution in [0.5, 0.6) is 0 Å². The molecule has 0 aromatic carbocycles. The number of nitrogens with zero attached hydrogens (tertiary/aromatic N) is 2. The molecule has 0 spiro atoms. The van der Waals surface area contributed by atoms with Gasteiger partial charge >= 0.3 is 0 Å². The van der Waals surface area contributed by atoms with Gasteiger partial charge in [0.15, 0.2) is 5.82 Å². The van der Waals surface area contributed by atoms with Crippen molar-refractivity contribution in [1.29, 1.82) is 0 Å². The van der Waals surface area contributed by atoms with E-state index in [0.717, 1.165) is 19.3 Å². The fourth-order valence-electron chi connectivity index (χ4n) is 2.54. The number of aliphatic hydroxyl groups excluding tert-OH is 1. The molecule has 2 bridgehead atoms. The first kappa shape index (κ1) is 10.2. The Morgan fingerprint density at radius 2 is 2.38 bits per heavy atom. The van der Waals surface area contributed by atoms with Crippen LogP contribution in [0.15, 0.2) is 4.52 Å². The van der Waals surface area contributed by atoms with Crippen molar-refractivity contribution in [3.8, 4) is 0 Å². The van der Waals surface area contributed by atoms with Crippen molar-refractivity contribution < 1.29 is 14.4 Å². The van der Waals surface area contributed by atoms with Gasteiger partial charge in [-0.2, -0.15) is 4.98 Å². The second-order valence-corrected chi connectivity index (χ2v) is 4.50. The Bertz CT molecular complexity index is 381. The third-order valence-corrected chi connectivity index (χ3v) is 3.41. The second kappa shape index (κ2) is 3.80. The van der Waals surface area contributed by atoms with Crippen LogP contribution in [0.4, 0.5) is 0 Å². The Balaban J connectivity index is 1.77. The summed E-state index contributed by atoms with van der Waals surface area (Å²) in [6.07, 6.45) is 3.79. The molecular formula is C10H15N3O3. The molecule has 88 valence electrons. The molecule has 6 heteroatoms. The maximum atomic E-state index is 8.89. The predicted molar refractivity (Wildman–Crippen MR) is 53.6 cm³/mol. The highest BCUT2D eigenvalue weighted by atomic mass is 16.5. The highest BCUT2D eigenvalue weighted by Crippen LogP contribution is 2.43. The van der Waals surface area contributed by atoms with Crippen molar-refractivity contribution in [3.63, 3.8) is 0 Å². The molecule has 4 atom stereocenters. The van der Waals surface area contributed by atoms with E-state index in [0.29, 0.717) is 17.8 Å². The van der Waals surface area contributed by atoms with Crippen molar-refractivity contribution in [2.24, 2.45) is 5.73 Å². The van der Waals surface area contributed by atoms with Gasteiger partial charge in [-0.25, -0.2) is 0 Å². The highest BCUT2D eigenvalue weighted by molar-refractivity contribution is 5.07. The van der Waals surface area contributed by atoms with E-state index in [1.807, 2.05) is 0 Å². The molecule has 0 aliphatic carbocycles. The molecule has 3 N–H and O–H groups in total. The summed E-state index contributed by atoms with van der Waals surface area (Å²) in [6, 6.07) is -0.583. The summed E-state index contributed by atoms with van der Waals surface area (Å²) in [5, 5.41) is 12.8. The van der Waals surface area contributed by atoms with Gasteiger partial charge in [0.2, 0.25) is 5.89 Å². The monoisotopic (exact) mass is 225 g/mol. The molecule has 0 saturated carbocycles. The van der Waals surface area contributed by atoms with E-state index >= 15 is 0 Å². The minimum absolute atomic E-state index is 0.186. The van der Waals surface area contributed by atoms with Crippen LogP contribution in [0.1, 0.15) is 42.9 Å². The van der Waals surface area contributed by atoms with Crippen LogP contribution in [0.25, 0.3) is 0 Å². The summed E-state index contributed by atoms with van der Waals surface area (Å²) in [4.78, 5) is 4.24. The van der Waals surface area contributed by atoms with Crippen molar-refractivity contribution in [1.82, 2.24) is 10.1 Å². The molecule has 3 rings (SSSR count). The lowest BCUT2D eigenvalue weighted by Crippen LogP contribution is -2.17. The van der Waals surface area contributed by atoms with Gasteiger partial charge < -0.3 is 20.1 Å². The van der Waals surface area contributed by atoms with Crippen molar-refractivity contribution in [2.75, 3.05) is 6.61 Å². The average molecular weight is 225 g/mol. The number of rotatable bonds is 3. The molecule has 1 aromatic heterocycles. The van der Waals surface area contributed by atoms with Gasteiger partial charge in [-0.1, -0.05) is 5.16 Å². The zero-order valence-electron chi connectivity index (χ0n) is 8.87. The van der Waals surface area contributed by atoms with Gasteiger partial charge in [-0.15, -0.1) is 0 Å². The number of hydrogen-bond donors (Lipinski definition) is 2. The summed E-state index contributed by atoms with van der Waals surface area (Å²) < 4.78 is 10.8. The molecule has 2 saturated heterocycles. The molecule has 4 unspecified atom stereocenters. The van der Waals surface area contributed by atoms with E-state index in [1.165, 1.54) is 0 Å². The first-order valence-corrected chi connectivity index (χ1v) is 5.63. The van der Waals surface area contributed by atoms with Gasteiger partial charge in [0, 0.05) is 0 Å². The first-order chi connectivity index (χ1) is 7.78. The SMILES string of the molecule is NC(CO)c1nc(C2CC3CCC2O3)no1. The van der Waals surface area contributed by atoms with Crippen LogP contribution in [0, 0.1) is 0 Å². The summed E-state index contributed by atoms with van der Waals surface area (Å²) in [5.74, 6) is 1.22. The Hall–Kier alpha value is -0.980. The topological polar surface area (TPSA) is 94.4 Å². The normalized spacial score (nSPS) is 34.5. The minimum Gasteiger partial charge on any atom is -0.394 e. The van der Waals surface area contributed by atoms with E-state index in [2.05, 4.69) is 10.1 Å². The third kappa shape index (κ3) is 1.53. The van der Waals surface area contributed by atoms with Crippen LogP contribution in [0.3, 0.4) is 0 Å². The standard InChI is InChI=1S/C10H15N3O3/c11-7(4-14)10-12-9(13-16-10)6-3-5-1-2-8(6)15-5/h5-8,14H,1-4,11H2. The Morgan fingerprint density at radius 3 is 3.00 bits per heavy atom. The molecular weight excluding hydrogens is 210 g/mol. The van der Waals surface area contributed by atoms with Crippen molar-refractivity contribution in [2.45, 2.75) is 43.4 Å². The summed E-state index contributed by atoms with van der Waals surface area (Å²) in [6.45, 7) is -0.186. The average Bonchev–Trinajstić information content (AvgIpc) is 3.02. The number of hydrogen-bond acceptors (Lipinski definition) is 6. The molecule has 6 nitrogen and oxygen atoms in total. The number of fused-ring (bicyclic) bond motifs is 2. The lowest BCUT2D eigenvalue weighted by molar-refractivity contribution is 0.0996. The van der Waals surface area contributed by atoms with Crippen LogP contribution in [-0.2, 0) is 4.74 Å². The number of aliphatic hydroxyl groups is 1. The Kier molecular flexibility index (Phi) is 2.42. The molecule has 3 heterocycles. The highest BCUT2D eigenvalue weighted by Gasteiger charge is 2.43. The molecule has 1 aromatic rings. The number of ether oxygens (including phenoxy) is 1. The summed E-state index contributed by atoms with van der Waals surface area (Å²) >= 11 is 0. The molecule has 0 radical (unpaired) electrons. The fraction of sp³-hybridized carbons (Fsp3) is 0.800. The second-order valence-electron chi connectivity index (χ2n) is 4.50. The van der Waals surface area contributed by atoms with Gasteiger partial charge in [0.05, 0.1) is 24.7 Å². The predicted octanol–water partition coefficient (Wildman–Crippen LogP) is 0.0966. The molecule has 2 aliphatic rings. The molecule has 2 aliphatic heterocycles. The molecule has 0 amide bonds. The number of nitrogens with two attached hydrogens (primary N) is 1. The lowest BCUT2D eigenvalue weighted by Gasteiger charge is -2.13. The number of aromatic nitrogens is 2. The van der Waals surface area contributed by atoms with Crippen LogP contribution in [0.2, 0.25) is 0 Å². The maximum absolute atomic E-state index is 8.89. The van der Waals surface area contributed by atoms with Crippen molar-refractivity contribution >= 4 is 0 Å². The third-order valence-electron chi connectivity index (χ3n) is 3.41. The summed E-state index contributed by atoms with van der Waals surface area (Å²) in [5.41, 5.74) is 5.60. The smallest absolute Gasteiger partial charge is 0.245 e. The Morgan fingerprint density at radius 1 is 1.50 bits per heavy atom. The van der Waals surface area contributed by atoms with Crippen molar-refractivity contribution in [3.05, 3.63) is 11.7 Å². The van der Waals surface area contributed by atoms with Gasteiger partial charge in [-0.3, -0.25) is 0 Å². The lowest BCUT2D eigenvalue weighted by atomic mass is 9.89. The first-order valence-electron chi connectivity index (χ1n) is 5.63. The maximum Gasteiger partial charge on any atom is 0.245 e. The van der Waals surface area contributed by atoms with Gasteiger partial charge in [0.1, 0.15) is 6.04 Å². The Labute approximate surface area is 92.8 Å². The zero-order valence-corrected chi connectivity index (χ0v) is 8.87. The van der Waals surface area contributed by atoms with Crippen LogP contribution < -0.4 is 5.73 Å². The molecule has 16 heavy (non-hydrogen) atoms. The summed E-state index contributed by atoms with van der Waals surface area (Å²) in [7, 11) is 0. The van der Waals surface area contributed by atoms with Gasteiger partial charge in [0.25, 0.3) is 0 Å². The van der Waals surface area contributed by atoms with E-state index in [4.69, 9.17) is 20.1 Å². The zero-order chi connectivity index (χ0) is 11.1. The van der Waals surface area contributed by atoms with Gasteiger partial charge in [-0.05, 0) is 19.3 Å². The van der Waals surface area contributed by atoms with E-state index in [9.17, 15) is 0 Å². The van der Waals surface area contributed by atoms with Crippen LogP contribution >= 0.6 is 0 Å². The fourth-order valence-corrected chi connectivity index (χ4v) is 2.54. The molecule has 2 fully saturated rings. The minimum atomic E-state index is -0.583. The van der Waals surface area contributed by atoms with E-state index in [-0.39, 0.29) is 18.6 Å². The largest absolute Gasteiger partial charge is 0.394 e. The van der Waals surface area contributed by atoms with Crippen LogP contribution in [-0.4, -0.2) is 34.1 Å². The quantitative estimate of drug-likeness (QED) is 0.757.